The van der Waals surface area contributed by atoms with E-state index in [4.69, 9.17) is 9.83 Å². The molecule has 2 heterocycles. The molecule has 0 radical (unpaired) electrons. The van der Waals surface area contributed by atoms with E-state index in [9.17, 15) is 4.79 Å². The van der Waals surface area contributed by atoms with E-state index in [1.807, 2.05) is 24.3 Å². The summed E-state index contributed by atoms with van der Waals surface area (Å²) in [5.41, 5.74) is 2.63. The maximum atomic E-state index is 12.3. The minimum Gasteiger partial charge on any atom is -0.438 e. The average molecular weight is 266 g/mol. The fourth-order valence-electron chi connectivity index (χ4n) is 3.22. The summed E-state index contributed by atoms with van der Waals surface area (Å²) < 4.78 is 5.49. The lowest BCUT2D eigenvalue weighted by Crippen LogP contribution is -2.21. The molecular weight excluding hydrogens is 252 g/mol. The maximum absolute atomic E-state index is 12.3. The number of para-hydroxylation sites is 1. The lowest BCUT2D eigenvalue weighted by atomic mass is 9.91. The number of rotatable bonds is 0. The van der Waals surface area contributed by atoms with Crippen LogP contribution in [-0.4, -0.2) is 4.98 Å². The molecule has 0 atom stereocenters. The Labute approximate surface area is 114 Å². The Balaban J connectivity index is 2.35. The van der Waals surface area contributed by atoms with E-state index in [2.05, 4.69) is 4.98 Å². The Bertz CT molecular complexity index is 950. The predicted molar refractivity (Wildman–Crippen MR) is 76.8 cm³/mol. The highest BCUT2D eigenvalue weighted by atomic mass is 16.3. The number of pyridine rings is 1. The monoisotopic (exact) mass is 266 g/mol. The van der Waals surface area contributed by atoms with Crippen molar-refractivity contribution in [2.24, 2.45) is 0 Å². The first-order valence-electron chi connectivity index (χ1n) is 6.90. The van der Waals surface area contributed by atoms with E-state index < -0.39 is 0 Å². The van der Waals surface area contributed by atoms with Gasteiger partial charge in [0.2, 0.25) is 5.55 Å². The third-order valence-corrected chi connectivity index (χ3v) is 4.11. The molecule has 100 valence electrons. The number of aryl methyl sites for hydroxylation is 2. The molecule has 1 aliphatic rings. The molecule has 4 nitrogen and oxygen atoms in total. The van der Waals surface area contributed by atoms with Gasteiger partial charge < -0.3 is 9.40 Å². The van der Waals surface area contributed by atoms with Crippen LogP contribution in [0.2, 0.25) is 0 Å². The van der Waals surface area contributed by atoms with Crippen LogP contribution >= 0.6 is 0 Å². The van der Waals surface area contributed by atoms with Crippen molar-refractivity contribution in [3.8, 4) is 0 Å². The number of nitrogens with one attached hydrogen (secondary N) is 2. The topological polar surface area (TPSA) is 69.8 Å². The van der Waals surface area contributed by atoms with Gasteiger partial charge in [-0.15, -0.1) is 0 Å². The van der Waals surface area contributed by atoms with E-state index in [0.29, 0.717) is 11.0 Å². The summed E-state index contributed by atoms with van der Waals surface area (Å²) in [5, 5.41) is 10.2. The van der Waals surface area contributed by atoms with Crippen molar-refractivity contribution in [2.45, 2.75) is 25.7 Å². The fourth-order valence-corrected chi connectivity index (χ4v) is 3.22. The van der Waals surface area contributed by atoms with Crippen molar-refractivity contribution in [2.75, 3.05) is 0 Å². The Kier molecular flexibility index (Phi) is 2.33. The summed E-state index contributed by atoms with van der Waals surface area (Å²) in [7, 11) is 0. The number of hydrogen-bond donors (Lipinski definition) is 2. The molecule has 20 heavy (non-hydrogen) atoms. The Morgan fingerprint density at radius 1 is 1.10 bits per heavy atom. The van der Waals surface area contributed by atoms with Crippen molar-refractivity contribution < 1.29 is 4.42 Å². The summed E-state index contributed by atoms with van der Waals surface area (Å²) >= 11 is 0. The largest absolute Gasteiger partial charge is 0.438 e. The third-order valence-electron chi connectivity index (χ3n) is 4.11. The molecular formula is C16H14N2O2. The van der Waals surface area contributed by atoms with Crippen molar-refractivity contribution in [1.82, 2.24) is 4.98 Å². The van der Waals surface area contributed by atoms with Gasteiger partial charge >= 0.3 is 0 Å². The van der Waals surface area contributed by atoms with E-state index in [1.54, 1.807) is 0 Å². The van der Waals surface area contributed by atoms with Gasteiger partial charge in [-0.1, -0.05) is 18.2 Å². The highest BCUT2D eigenvalue weighted by molar-refractivity contribution is 6.05. The molecule has 0 saturated heterocycles. The number of fused-ring (bicyclic) bond motifs is 5. The second-order valence-corrected chi connectivity index (χ2v) is 5.30. The van der Waals surface area contributed by atoms with E-state index in [1.165, 1.54) is 5.56 Å². The van der Waals surface area contributed by atoms with Gasteiger partial charge in [0.05, 0.1) is 0 Å². The first-order valence-corrected chi connectivity index (χ1v) is 6.90. The Morgan fingerprint density at radius 3 is 2.80 bits per heavy atom. The quantitative estimate of drug-likeness (QED) is 0.614. The highest BCUT2D eigenvalue weighted by Gasteiger charge is 2.19. The fraction of sp³-hybridized carbons (Fsp3) is 0.250. The molecule has 4 rings (SSSR count). The smallest absolute Gasteiger partial charge is 0.261 e. The van der Waals surface area contributed by atoms with E-state index >= 15 is 0 Å². The summed E-state index contributed by atoms with van der Waals surface area (Å²) in [4.78, 5) is 15.2. The lowest BCUT2D eigenvalue weighted by molar-refractivity contribution is 0.541. The lowest BCUT2D eigenvalue weighted by Gasteiger charge is -2.18. The van der Waals surface area contributed by atoms with Crippen LogP contribution in [0.3, 0.4) is 0 Å². The van der Waals surface area contributed by atoms with Crippen LogP contribution < -0.4 is 11.1 Å². The summed E-state index contributed by atoms with van der Waals surface area (Å²) in [5.74, 6) is 0. The van der Waals surface area contributed by atoms with Gasteiger partial charge in [-0.05, 0) is 37.3 Å². The van der Waals surface area contributed by atoms with Crippen LogP contribution in [0, 0.1) is 5.41 Å². The summed E-state index contributed by atoms with van der Waals surface area (Å²) in [6, 6.07) is 7.65. The minimum atomic E-state index is -0.208. The zero-order chi connectivity index (χ0) is 13.7. The van der Waals surface area contributed by atoms with E-state index in [0.717, 1.165) is 42.1 Å². The Morgan fingerprint density at radius 2 is 1.90 bits per heavy atom. The highest BCUT2D eigenvalue weighted by Crippen LogP contribution is 2.29. The van der Waals surface area contributed by atoms with Gasteiger partial charge in [0.25, 0.3) is 5.56 Å². The predicted octanol–water partition coefficient (Wildman–Crippen LogP) is 2.63. The summed E-state index contributed by atoms with van der Waals surface area (Å²) in [6.07, 6.45) is 4.10. The zero-order valence-corrected chi connectivity index (χ0v) is 11.0. The van der Waals surface area contributed by atoms with Crippen molar-refractivity contribution in [3.63, 3.8) is 0 Å². The van der Waals surface area contributed by atoms with E-state index in [-0.39, 0.29) is 11.1 Å². The van der Waals surface area contributed by atoms with Crippen LogP contribution in [0.15, 0.2) is 33.5 Å². The van der Waals surface area contributed by atoms with Gasteiger partial charge in [-0.2, -0.15) is 0 Å². The third kappa shape index (κ3) is 1.48. The van der Waals surface area contributed by atoms with Gasteiger partial charge in [-0.25, -0.2) is 0 Å². The SMILES string of the molecule is N=c1oc2ccccc2c2c3c([nH]c(=O)c12)CCCC3. The second kappa shape index (κ2) is 4.07. The first-order chi connectivity index (χ1) is 9.75. The average Bonchev–Trinajstić information content (AvgIpc) is 2.46. The second-order valence-electron chi connectivity index (χ2n) is 5.30. The van der Waals surface area contributed by atoms with Crippen LogP contribution in [-0.2, 0) is 12.8 Å². The molecule has 2 aromatic heterocycles. The van der Waals surface area contributed by atoms with Crippen LogP contribution in [0.25, 0.3) is 21.7 Å². The minimum absolute atomic E-state index is 0.0478. The summed E-state index contributed by atoms with van der Waals surface area (Å²) in [6.45, 7) is 0. The molecule has 4 heteroatoms. The molecule has 0 spiro atoms. The normalized spacial score (nSPS) is 14.6. The first kappa shape index (κ1) is 11.5. The van der Waals surface area contributed by atoms with Gasteiger partial charge in [0.15, 0.2) is 0 Å². The molecule has 0 aliphatic heterocycles. The molecule has 3 aromatic rings. The number of hydrogen-bond acceptors (Lipinski definition) is 3. The number of aromatic amines is 1. The molecule has 1 aliphatic carbocycles. The number of benzene rings is 1. The van der Waals surface area contributed by atoms with Crippen molar-refractivity contribution in [3.05, 3.63) is 51.4 Å². The van der Waals surface area contributed by atoms with Crippen molar-refractivity contribution >= 4 is 21.7 Å². The van der Waals surface area contributed by atoms with Gasteiger partial charge in [0, 0.05) is 16.5 Å². The molecule has 1 aromatic carbocycles. The number of aromatic nitrogens is 1. The van der Waals surface area contributed by atoms with Gasteiger partial charge in [-0.3, -0.25) is 10.2 Å². The Hall–Kier alpha value is -2.36. The maximum Gasteiger partial charge on any atom is 0.261 e. The molecule has 0 fully saturated rings. The molecule has 0 saturated carbocycles. The molecule has 0 amide bonds. The van der Waals surface area contributed by atoms with Crippen LogP contribution in [0.1, 0.15) is 24.1 Å². The zero-order valence-electron chi connectivity index (χ0n) is 11.0. The molecule has 0 bridgehead atoms. The van der Waals surface area contributed by atoms with Crippen LogP contribution in [0.5, 0.6) is 0 Å². The van der Waals surface area contributed by atoms with Crippen LogP contribution in [0.4, 0.5) is 0 Å². The molecule has 2 N–H and O–H groups in total. The number of H-pyrrole nitrogens is 1. The standard InChI is InChI=1S/C16H14N2O2/c17-15-14-13(10-6-2-4-8-12(10)20-15)9-5-1-3-7-11(9)18-16(14)19/h2,4,6,8,17H,1,3,5,7H2,(H,18,19). The molecule has 0 unspecified atom stereocenters. The van der Waals surface area contributed by atoms with Gasteiger partial charge in [0.1, 0.15) is 11.0 Å². The van der Waals surface area contributed by atoms with Crippen molar-refractivity contribution in [1.29, 1.82) is 5.41 Å².